The van der Waals surface area contributed by atoms with E-state index in [-0.39, 0.29) is 11.5 Å². The molecule has 0 aromatic heterocycles. The summed E-state index contributed by atoms with van der Waals surface area (Å²) in [6.45, 7) is 5.20. The van der Waals surface area contributed by atoms with Gasteiger partial charge in [0.05, 0.1) is 17.6 Å². The summed E-state index contributed by atoms with van der Waals surface area (Å²) in [5.74, 6) is 3.57. The first kappa shape index (κ1) is 21.1. The predicted octanol–water partition coefficient (Wildman–Crippen LogP) is 7.18. The molecule has 0 heterocycles. The largest absolute Gasteiger partial charge is 0.393 e. The van der Waals surface area contributed by atoms with Crippen LogP contribution in [0.1, 0.15) is 110 Å². The van der Waals surface area contributed by atoms with Crippen LogP contribution in [0.2, 0.25) is 0 Å². The van der Waals surface area contributed by atoms with Crippen LogP contribution in [0.5, 0.6) is 0 Å². The third-order valence-corrected chi connectivity index (χ3v) is 11.3. The number of allylic oxidation sites excluding steroid dienone is 1. The van der Waals surface area contributed by atoms with Gasteiger partial charge >= 0.3 is 0 Å². The molecule has 0 aromatic carbocycles. The van der Waals surface area contributed by atoms with Crippen molar-refractivity contribution in [1.29, 1.82) is 5.26 Å². The number of hydrogen-bond donors (Lipinski definition) is 1. The van der Waals surface area contributed by atoms with E-state index in [2.05, 4.69) is 26.0 Å². The predicted molar refractivity (Wildman–Crippen MR) is 122 cm³/mol. The van der Waals surface area contributed by atoms with Gasteiger partial charge in [0.1, 0.15) is 0 Å². The smallest absolute Gasteiger partial charge is 0.0689 e. The molecule has 7 atom stereocenters. The Bertz CT molecular complexity index is 729. The van der Waals surface area contributed by atoms with Gasteiger partial charge < -0.3 is 5.11 Å². The molecule has 0 saturated heterocycles. The number of rotatable bonds is 5. The SMILES string of the molecule is CC12CCC(O)CC1=CCC1C2CCC2(C)C(CCCCC3(C#N)CCC3)CCC12. The van der Waals surface area contributed by atoms with Crippen LogP contribution in [0.3, 0.4) is 0 Å². The van der Waals surface area contributed by atoms with Gasteiger partial charge in [-0.15, -0.1) is 0 Å². The van der Waals surface area contributed by atoms with Crippen LogP contribution >= 0.6 is 0 Å². The number of nitrogens with zero attached hydrogens (tertiary/aromatic N) is 1. The van der Waals surface area contributed by atoms with Gasteiger partial charge in [0.2, 0.25) is 0 Å². The summed E-state index contributed by atoms with van der Waals surface area (Å²) in [5.41, 5.74) is 2.59. The molecule has 1 N–H and O–H groups in total. The van der Waals surface area contributed by atoms with Crippen molar-refractivity contribution in [2.75, 3.05) is 0 Å². The summed E-state index contributed by atoms with van der Waals surface area (Å²) < 4.78 is 0. The molecule has 30 heavy (non-hydrogen) atoms. The Hall–Kier alpha value is -0.810. The molecule has 4 fully saturated rings. The van der Waals surface area contributed by atoms with E-state index in [1.807, 2.05) is 0 Å². The highest BCUT2D eigenvalue weighted by atomic mass is 16.3. The third kappa shape index (κ3) is 3.21. The molecule has 166 valence electrons. The lowest BCUT2D eigenvalue weighted by Gasteiger charge is -2.58. The Labute approximate surface area is 184 Å². The maximum atomic E-state index is 10.2. The third-order valence-electron chi connectivity index (χ3n) is 11.3. The highest BCUT2D eigenvalue weighted by Crippen LogP contribution is 2.66. The van der Waals surface area contributed by atoms with Gasteiger partial charge in [-0.3, -0.25) is 0 Å². The van der Waals surface area contributed by atoms with Crippen LogP contribution in [0.15, 0.2) is 11.6 Å². The molecule has 5 aliphatic rings. The van der Waals surface area contributed by atoms with Crippen LogP contribution < -0.4 is 0 Å². The first-order valence-corrected chi connectivity index (χ1v) is 13.2. The van der Waals surface area contributed by atoms with E-state index in [0.29, 0.717) is 10.8 Å². The molecule has 5 rings (SSSR count). The van der Waals surface area contributed by atoms with Crippen molar-refractivity contribution in [3.63, 3.8) is 0 Å². The first-order valence-electron chi connectivity index (χ1n) is 13.2. The van der Waals surface area contributed by atoms with E-state index >= 15 is 0 Å². The number of aliphatic hydroxyl groups is 1. The van der Waals surface area contributed by atoms with Crippen LogP contribution in [0.25, 0.3) is 0 Å². The van der Waals surface area contributed by atoms with Crippen molar-refractivity contribution in [2.45, 2.75) is 116 Å². The van der Waals surface area contributed by atoms with E-state index in [1.54, 1.807) is 5.57 Å². The van der Waals surface area contributed by atoms with Gasteiger partial charge in [0, 0.05) is 0 Å². The Balaban J connectivity index is 1.23. The second kappa shape index (κ2) is 7.65. The van der Waals surface area contributed by atoms with E-state index in [4.69, 9.17) is 0 Å². The lowest BCUT2D eigenvalue weighted by molar-refractivity contribution is -0.0509. The molecule has 4 saturated carbocycles. The normalized spacial score (nSPS) is 46.6. The van der Waals surface area contributed by atoms with Gasteiger partial charge in [0.25, 0.3) is 0 Å². The van der Waals surface area contributed by atoms with E-state index in [9.17, 15) is 10.4 Å². The van der Waals surface area contributed by atoms with Gasteiger partial charge in [-0.05, 0) is 112 Å². The van der Waals surface area contributed by atoms with E-state index in [0.717, 1.165) is 55.8 Å². The Morgan fingerprint density at radius 3 is 2.60 bits per heavy atom. The van der Waals surface area contributed by atoms with Gasteiger partial charge in [-0.1, -0.05) is 44.8 Å². The Morgan fingerprint density at radius 2 is 1.87 bits per heavy atom. The second-order valence-electron chi connectivity index (χ2n) is 12.5. The molecule has 0 aliphatic heterocycles. The minimum Gasteiger partial charge on any atom is -0.393 e. The van der Waals surface area contributed by atoms with Crippen molar-refractivity contribution in [3.05, 3.63) is 11.6 Å². The van der Waals surface area contributed by atoms with Crippen molar-refractivity contribution >= 4 is 0 Å². The summed E-state index contributed by atoms with van der Waals surface area (Å²) in [6, 6.07) is 2.64. The highest BCUT2D eigenvalue weighted by molar-refractivity contribution is 5.25. The maximum absolute atomic E-state index is 10.2. The number of aliphatic hydroxyl groups excluding tert-OH is 1. The minimum atomic E-state index is -0.0919. The second-order valence-corrected chi connectivity index (χ2v) is 12.5. The quantitative estimate of drug-likeness (QED) is 0.386. The van der Waals surface area contributed by atoms with Gasteiger partial charge in [0.15, 0.2) is 0 Å². The van der Waals surface area contributed by atoms with Crippen molar-refractivity contribution in [1.82, 2.24) is 0 Å². The van der Waals surface area contributed by atoms with E-state index in [1.165, 1.54) is 64.2 Å². The number of unbranched alkanes of at least 4 members (excludes halogenated alkanes) is 1. The molecular weight excluding hydrogens is 366 g/mol. The minimum absolute atomic E-state index is 0.0648. The molecule has 0 amide bonds. The van der Waals surface area contributed by atoms with Crippen LogP contribution in [0, 0.1) is 51.2 Å². The number of hydrogen-bond acceptors (Lipinski definition) is 2. The van der Waals surface area contributed by atoms with E-state index < -0.39 is 0 Å². The zero-order valence-corrected chi connectivity index (χ0v) is 19.5. The molecule has 0 radical (unpaired) electrons. The molecule has 0 bridgehead atoms. The number of fused-ring (bicyclic) bond motifs is 5. The topological polar surface area (TPSA) is 44.0 Å². The molecule has 2 heteroatoms. The molecular formula is C28H43NO. The monoisotopic (exact) mass is 409 g/mol. The highest BCUT2D eigenvalue weighted by Gasteiger charge is 2.58. The summed E-state index contributed by atoms with van der Waals surface area (Å²) in [5, 5.41) is 19.7. The summed E-state index contributed by atoms with van der Waals surface area (Å²) in [6.07, 6.45) is 21.4. The summed E-state index contributed by atoms with van der Waals surface area (Å²) >= 11 is 0. The van der Waals surface area contributed by atoms with Gasteiger partial charge in [-0.2, -0.15) is 5.26 Å². The zero-order chi connectivity index (χ0) is 21.0. The molecule has 2 nitrogen and oxygen atoms in total. The van der Waals surface area contributed by atoms with Crippen molar-refractivity contribution in [2.24, 2.45) is 39.9 Å². The fourth-order valence-electron chi connectivity index (χ4n) is 9.10. The molecule has 0 aromatic rings. The average Bonchev–Trinajstić information content (AvgIpc) is 3.04. The maximum Gasteiger partial charge on any atom is 0.0689 e. The van der Waals surface area contributed by atoms with Gasteiger partial charge in [-0.25, -0.2) is 0 Å². The fourth-order valence-corrected chi connectivity index (χ4v) is 9.10. The van der Waals surface area contributed by atoms with Crippen LogP contribution in [-0.2, 0) is 0 Å². The summed E-state index contributed by atoms with van der Waals surface area (Å²) in [7, 11) is 0. The average molecular weight is 410 g/mol. The van der Waals surface area contributed by atoms with Crippen LogP contribution in [-0.4, -0.2) is 11.2 Å². The lowest BCUT2D eigenvalue weighted by atomic mass is 9.47. The fraction of sp³-hybridized carbons (Fsp3) is 0.893. The molecule has 5 aliphatic carbocycles. The first-order chi connectivity index (χ1) is 14.4. The van der Waals surface area contributed by atoms with Crippen molar-refractivity contribution < 1.29 is 5.11 Å². The van der Waals surface area contributed by atoms with Crippen LogP contribution in [0.4, 0.5) is 0 Å². The Morgan fingerprint density at radius 1 is 1.03 bits per heavy atom. The summed E-state index contributed by atoms with van der Waals surface area (Å²) in [4.78, 5) is 0. The zero-order valence-electron chi connectivity index (χ0n) is 19.5. The van der Waals surface area contributed by atoms with Crippen molar-refractivity contribution in [3.8, 4) is 6.07 Å². The number of nitriles is 1. The molecule has 7 unspecified atom stereocenters. The molecule has 0 spiro atoms. The lowest BCUT2D eigenvalue weighted by Crippen LogP contribution is -2.50. The Kier molecular flexibility index (Phi) is 5.37. The standard InChI is InChI=1S/C28H43NO/c1-26-17-12-25-23(9-7-21-18-22(30)11-16-27(21,25)2)24(26)10-8-20(26)6-3-4-13-28(19-29)14-5-15-28/h7,20,22-25,30H,3-6,8-18H2,1-2H3.